The van der Waals surface area contributed by atoms with Gasteiger partial charge in [-0.1, -0.05) is 30.3 Å². The van der Waals surface area contributed by atoms with Crippen molar-refractivity contribution < 1.29 is 23.1 Å². The minimum absolute atomic E-state index is 0.227. The summed E-state index contributed by atoms with van der Waals surface area (Å²) in [6, 6.07) is 9.87. The van der Waals surface area contributed by atoms with Crippen molar-refractivity contribution in [3.63, 3.8) is 0 Å². The molecular weight excluding hydrogens is 328 g/mol. The van der Waals surface area contributed by atoms with Gasteiger partial charge in [-0.2, -0.15) is 0 Å². The van der Waals surface area contributed by atoms with Gasteiger partial charge < -0.3 is 10.1 Å². The molecule has 0 aliphatic rings. The van der Waals surface area contributed by atoms with Crippen LogP contribution < -0.4 is 5.32 Å². The smallest absolute Gasteiger partial charge is 0.328 e. The zero-order valence-corrected chi connectivity index (χ0v) is 14.0. The van der Waals surface area contributed by atoms with Gasteiger partial charge in [0.2, 0.25) is 5.91 Å². The van der Waals surface area contributed by atoms with E-state index in [4.69, 9.17) is 4.74 Å². The normalized spacial score (nSPS) is 11.7. The van der Waals surface area contributed by atoms with Crippen molar-refractivity contribution in [3.8, 4) is 0 Å². The van der Waals surface area contributed by atoms with Crippen molar-refractivity contribution in [1.29, 1.82) is 0 Å². The molecule has 2 aromatic rings. The number of nitrogens with one attached hydrogen (secondary N) is 1. The second-order valence-electron chi connectivity index (χ2n) is 5.65. The monoisotopic (exact) mass is 347 g/mol. The predicted molar refractivity (Wildman–Crippen MR) is 88.9 cm³/mol. The lowest BCUT2D eigenvalue weighted by molar-refractivity contribution is -0.145. The van der Waals surface area contributed by atoms with Crippen LogP contribution in [-0.4, -0.2) is 25.0 Å². The van der Waals surface area contributed by atoms with Gasteiger partial charge in [0.05, 0.1) is 13.5 Å². The first-order chi connectivity index (χ1) is 11.9. The van der Waals surface area contributed by atoms with E-state index in [1.165, 1.54) is 13.2 Å². The Morgan fingerprint density at radius 2 is 1.72 bits per heavy atom. The number of hydrogen-bond donors (Lipinski definition) is 1. The fourth-order valence-corrected chi connectivity index (χ4v) is 2.50. The average molecular weight is 347 g/mol. The Kier molecular flexibility index (Phi) is 6.22. The molecule has 1 amide bonds. The molecule has 0 saturated carbocycles. The van der Waals surface area contributed by atoms with E-state index in [0.29, 0.717) is 0 Å². The van der Waals surface area contributed by atoms with Crippen molar-refractivity contribution in [2.45, 2.75) is 25.8 Å². The Labute approximate surface area is 144 Å². The molecule has 6 heteroatoms. The molecule has 0 aromatic heterocycles. The van der Waals surface area contributed by atoms with E-state index in [2.05, 4.69) is 5.32 Å². The van der Waals surface area contributed by atoms with E-state index in [9.17, 15) is 18.4 Å². The Morgan fingerprint density at radius 1 is 1.08 bits per heavy atom. The van der Waals surface area contributed by atoms with E-state index >= 15 is 0 Å². The maximum Gasteiger partial charge on any atom is 0.328 e. The number of ether oxygens (including phenoxy) is 1. The van der Waals surface area contributed by atoms with Crippen molar-refractivity contribution in [1.82, 2.24) is 5.32 Å². The molecule has 2 aromatic carbocycles. The van der Waals surface area contributed by atoms with Crippen molar-refractivity contribution in [2.75, 3.05) is 7.11 Å². The van der Waals surface area contributed by atoms with Crippen LogP contribution in [0, 0.1) is 18.6 Å². The molecule has 0 heterocycles. The number of benzene rings is 2. The highest BCUT2D eigenvalue weighted by molar-refractivity contribution is 5.85. The summed E-state index contributed by atoms with van der Waals surface area (Å²) < 4.78 is 32.0. The number of carbonyl (C=O) groups is 2. The molecular formula is C19H19F2NO3. The third-order valence-corrected chi connectivity index (χ3v) is 3.91. The van der Waals surface area contributed by atoms with Gasteiger partial charge in [0, 0.05) is 12.0 Å². The molecule has 0 fully saturated rings. The van der Waals surface area contributed by atoms with Crippen molar-refractivity contribution in [3.05, 3.63) is 70.8 Å². The lowest BCUT2D eigenvalue weighted by Gasteiger charge is -2.18. The first-order valence-electron chi connectivity index (χ1n) is 7.77. The highest BCUT2D eigenvalue weighted by atomic mass is 19.1. The molecule has 0 aliphatic carbocycles. The summed E-state index contributed by atoms with van der Waals surface area (Å²) in [7, 11) is 1.22. The number of carbonyl (C=O) groups excluding carboxylic acids is 2. The van der Waals surface area contributed by atoms with Gasteiger partial charge in [0.15, 0.2) is 0 Å². The summed E-state index contributed by atoms with van der Waals surface area (Å²) in [4.78, 5) is 24.1. The number of methoxy groups -OCH3 is 1. The first kappa shape index (κ1) is 18.6. The molecule has 4 nitrogen and oxygen atoms in total. The van der Waals surface area contributed by atoms with Crippen LogP contribution in [0.1, 0.15) is 16.7 Å². The van der Waals surface area contributed by atoms with E-state index < -0.39 is 36.0 Å². The van der Waals surface area contributed by atoms with Crippen LogP contribution in [0.25, 0.3) is 0 Å². The molecule has 0 spiro atoms. The number of halogens is 2. The molecule has 0 unspecified atom stereocenters. The highest BCUT2D eigenvalue weighted by Crippen LogP contribution is 2.14. The molecule has 0 bridgehead atoms. The molecule has 0 radical (unpaired) electrons. The van der Waals surface area contributed by atoms with Gasteiger partial charge in [-0.3, -0.25) is 4.79 Å². The summed E-state index contributed by atoms with van der Waals surface area (Å²) in [5, 5.41) is 2.50. The topological polar surface area (TPSA) is 55.4 Å². The van der Waals surface area contributed by atoms with Crippen LogP contribution >= 0.6 is 0 Å². The molecule has 0 saturated heterocycles. The van der Waals surface area contributed by atoms with Gasteiger partial charge in [0.25, 0.3) is 0 Å². The Balaban J connectivity index is 2.13. The SMILES string of the molecule is COC(=O)[C@@H](Cc1ccccc1C)NC(=O)Cc1c(F)cccc1F. The van der Waals surface area contributed by atoms with E-state index in [-0.39, 0.29) is 12.0 Å². The van der Waals surface area contributed by atoms with E-state index in [1.807, 2.05) is 31.2 Å². The Bertz CT molecular complexity index is 757. The molecule has 1 atom stereocenters. The van der Waals surface area contributed by atoms with Gasteiger partial charge in [0.1, 0.15) is 17.7 Å². The maximum absolute atomic E-state index is 13.7. The fraction of sp³-hybridized carbons (Fsp3) is 0.263. The van der Waals surface area contributed by atoms with Crippen molar-refractivity contribution in [2.24, 2.45) is 0 Å². The lowest BCUT2D eigenvalue weighted by Crippen LogP contribution is -2.44. The van der Waals surface area contributed by atoms with E-state index in [0.717, 1.165) is 23.3 Å². The quantitative estimate of drug-likeness (QED) is 0.818. The van der Waals surface area contributed by atoms with Crippen LogP contribution in [0.3, 0.4) is 0 Å². The third-order valence-electron chi connectivity index (χ3n) is 3.91. The minimum Gasteiger partial charge on any atom is -0.467 e. The zero-order chi connectivity index (χ0) is 18.4. The second-order valence-corrected chi connectivity index (χ2v) is 5.65. The standard InChI is InChI=1S/C19H19F2NO3/c1-12-6-3-4-7-13(12)10-17(19(24)25-2)22-18(23)11-14-15(20)8-5-9-16(14)21/h3-9,17H,10-11H2,1-2H3,(H,22,23)/t17-/m1/s1. The van der Waals surface area contributed by atoms with Gasteiger partial charge in [-0.25, -0.2) is 13.6 Å². The number of amides is 1. The molecule has 25 heavy (non-hydrogen) atoms. The van der Waals surface area contributed by atoms with Crippen LogP contribution in [-0.2, 0) is 27.2 Å². The fourth-order valence-electron chi connectivity index (χ4n) is 2.50. The predicted octanol–water partition coefficient (Wildman–Crippen LogP) is 2.72. The maximum atomic E-state index is 13.7. The van der Waals surface area contributed by atoms with Gasteiger partial charge in [-0.05, 0) is 30.2 Å². The number of aryl methyl sites for hydroxylation is 1. The third kappa shape index (κ3) is 4.86. The number of hydrogen-bond acceptors (Lipinski definition) is 3. The van der Waals surface area contributed by atoms with Crippen molar-refractivity contribution >= 4 is 11.9 Å². The van der Waals surface area contributed by atoms with Crippen LogP contribution in [0.5, 0.6) is 0 Å². The summed E-state index contributed by atoms with van der Waals surface area (Å²) in [6.45, 7) is 1.89. The Hall–Kier alpha value is -2.76. The molecule has 0 aliphatic heterocycles. The van der Waals surface area contributed by atoms with Crippen LogP contribution in [0.2, 0.25) is 0 Å². The zero-order valence-electron chi connectivity index (χ0n) is 14.0. The number of esters is 1. The van der Waals surface area contributed by atoms with E-state index in [1.54, 1.807) is 0 Å². The number of rotatable bonds is 6. The summed E-state index contributed by atoms with van der Waals surface area (Å²) in [5.41, 5.74) is 1.50. The summed E-state index contributed by atoms with van der Waals surface area (Å²) in [5.74, 6) is -2.88. The first-order valence-corrected chi connectivity index (χ1v) is 7.77. The van der Waals surface area contributed by atoms with Gasteiger partial charge >= 0.3 is 5.97 Å². The van der Waals surface area contributed by atoms with Gasteiger partial charge in [-0.15, -0.1) is 0 Å². The molecule has 132 valence electrons. The van der Waals surface area contributed by atoms with Crippen LogP contribution in [0.15, 0.2) is 42.5 Å². The summed E-state index contributed by atoms with van der Waals surface area (Å²) >= 11 is 0. The van der Waals surface area contributed by atoms with Crippen LogP contribution in [0.4, 0.5) is 8.78 Å². The second kappa shape index (κ2) is 8.37. The minimum atomic E-state index is -0.937. The molecule has 2 rings (SSSR count). The summed E-state index contributed by atoms with van der Waals surface area (Å²) in [6.07, 6.45) is -0.273. The largest absolute Gasteiger partial charge is 0.467 e. The highest BCUT2D eigenvalue weighted by Gasteiger charge is 2.23. The average Bonchev–Trinajstić information content (AvgIpc) is 2.59. The Morgan fingerprint density at radius 3 is 2.32 bits per heavy atom. The molecule has 1 N–H and O–H groups in total. The lowest BCUT2D eigenvalue weighted by atomic mass is 10.0.